The van der Waals surface area contributed by atoms with Gasteiger partial charge in [-0.3, -0.25) is 0 Å². The van der Waals surface area contributed by atoms with Crippen molar-refractivity contribution >= 4 is 12.0 Å². The topological polar surface area (TPSA) is 26.3 Å². The summed E-state index contributed by atoms with van der Waals surface area (Å²) in [6.45, 7) is 2.35. The van der Waals surface area contributed by atoms with Crippen molar-refractivity contribution in [2.75, 3.05) is 6.61 Å². The van der Waals surface area contributed by atoms with Crippen molar-refractivity contribution in [3.05, 3.63) is 41.7 Å². The summed E-state index contributed by atoms with van der Waals surface area (Å²) in [5.74, 6) is -0.665. The maximum Gasteiger partial charge on any atom is 0.330 e. The van der Waals surface area contributed by atoms with E-state index in [4.69, 9.17) is 4.74 Å². The van der Waals surface area contributed by atoms with E-state index in [0.29, 0.717) is 6.61 Å². The van der Waals surface area contributed by atoms with Gasteiger partial charge in [-0.15, -0.1) is 0 Å². The Hall–Kier alpha value is -1.64. The standard InChI is InChI=1S/C12H13FO2/c1-2-9-15-12(14)8-5-10-3-6-11(13)7-4-10/h3-8H,2,9H2,1H3. The third kappa shape index (κ3) is 4.40. The van der Waals surface area contributed by atoms with Crippen LogP contribution in [0.1, 0.15) is 18.9 Å². The minimum atomic E-state index is -0.374. The summed E-state index contributed by atoms with van der Waals surface area (Å²) in [5.41, 5.74) is 0.768. The minimum absolute atomic E-state index is 0.291. The van der Waals surface area contributed by atoms with Crippen molar-refractivity contribution in [1.82, 2.24) is 0 Å². The van der Waals surface area contributed by atoms with Gasteiger partial charge < -0.3 is 4.74 Å². The fourth-order valence-electron chi connectivity index (χ4n) is 0.989. The summed E-state index contributed by atoms with van der Waals surface area (Å²) >= 11 is 0. The van der Waals surface area contributed by atoms with Crippen molar-refractivity contribution in [2.24, 2.45) is 0 Å². The average Bonchev–Trinajstić information content (AvgIpc) is 2.25. The molecule has 0 radical (unpaired) electrons. The Morgan fingerprint density at radius 3 is 2.67 bits per heavy atom. The van der Waals surface area contributed by atoms with Crippen molar-refractivity contribution in [3.8, 4) is 0 Å². The third-order valence-electron chi connectivity index (χ3n) is 1.73. The number of rotatable bonds is 4. The minimum Gasteiger partial charge on any atom is -0.463 e. The molecule has 0 unspecified atom stereocenters. The van der Waals surface area contributed by atoms with Gasteiger partial charge in [0.05, 0.1) is 6.61 Å². The van der Waals surface area contributed by atoms with Crippen LogP contribution in [0.25, 0.3) is 6.08 Å². The van der Waals surface area contributed by atoms with Crippen molar-refractivity contribution in [3.63, 3.8) is 0 Å². The van der Waals surface area contributed by atoms with Crippen LogP contribution in [0.15, 0.2) is 30.3 Å². The molecule has 0 aliphatic carbocycles. The molecule has 1 rings (SSSR count). The van der Waals surface area contributed by atoms with Crippen LogP contribution in [0, 0.1) is 5.82 Å². The Labute approximate surface area is 88.4 Å². The summed E-state index contributed by atoms with van der Waals surface area (Å²) in [4.78, 5) is 11.1. The number of carbonyl (C=O) groups is 1. The monoisotopic (exact) mass is 208 g/mol. The van der Waals surface area contributed by atoms with Gasteiger partial charge in [-0.05, 0) is 30.2 Å². The predicted octanol–water partition coefficient (Wildman–Crippen LogP) is 2.79. The van der Waals surface area contributed by atoms with E-state index < -0.39 is 0 Å². The SMILES string of the molecule is CCCOC(=O)C=Cc1ccc(F)cc1. The molecule has 0 aliphatic heterocycles. The smallest absolute Gasteiger partial charge is 0.330 e. The van der Waals surface area contributed by atoms with Gasteiger partial charge in [-0.25, -0.2) is 9.18 Å². The Bertz CT molecular complexity index is 341. The highest BCUT2D eigenvalue weighted by Gasteiger charge is 1.95. The Balaban J connectivity index is 2.50. The summed E-state index contributed by atoms with van der Waals surface area (Å²) in [5, 5.41) is 0. The lowest BCUT2D eigenvalue weighted by Crippen LogP contribution is -2.00. The normalized spacial score (nSPS) is 10.5. The van der Waals surface area contributed by atoms with E-state index >= 15 is 0 Å². The van der Waals surface area contributed by atoms with Crippen LogP contribution >= 0.6 is 0 Å². The molecule has 1 aromatic rings. The number of ether oxygens (including phenoxy) is 1. The first-order valence-corrected chi connectivity index (χ1v) is 4.83. The molecule has 0 spiro atoms. The highest BCUT2D eigenvalue weighted by Crippen LogP contribution is 2.04. The van der Waals surface area contributed by atoms with Crippen LogP contribution in [0.2, 0.25) is 0 Å². The number of esters is 1. The molecule has 0 aliphatic rings. The van der Waals surface area contributed by atoms with E-state index in [9.17, 15) is 9.18 Å². The Morgan fingerprint density at radius 2 is 2.07 bits per heavy atom. The molecule has 0 saturated heterocycles. The van der Waals surface area contributed by atoms with E-state index in [1.54, 1.807) is 18.2 Å². The lowest BCUT2D eigenvalue weighted by molar-refractivity contribution is -0.137. The van der Waals surface area contributed by atoms with E-state index in [1.165, 1.54) is 18.2 Å². The molecule has 0 bridgehead atoms. The highest BCUT2D eigenvalue weighted by molar-refractivity contribution is 5.86. The first-order valence-electron chi connectivity index (χ1n) is 4.83. The van der Waals surface area contributed by atoms with Gasteiger partial charge in [-0.1, -0.05) is 19.1 Å². The van der Waals surface area contributed by atoms with Gasteiger partial charge in [0.2, 0.25) is 0 Å². The summed E-state index contributed by atoms with van der Waals surface area (Å²) < 4.78 is 17.4. The number of benzene rings is 1. The van der Waals surface area contributed by atoms with Gasteiger partial charge in [0.1, 0.15) is 5.82 Å². The maximum absolute atomic E-state index is 12.5. The molecular weight excluding hydrogens is 195 g/mol. The second-order valence-electron chi connectivity index (χ2n) is 3.05. The van der Waals surface area contributed by atoms with Gasteiger partial charge in [0, 0.05) is 6.08 Å². The van der Waals surface area contributed by atoms with Gasteiger partial charge in [0.15, 0.2) is 0 Å². The molecular formula is C12H13FO2. The fourth-order valence-corrected chi connectivity index (χ4v) is 0.989. The number of halogens is 1. The molecule has 0 heterocycles. The van der Waals surface area contributed by atoms with Crippen LogP contribution in [-0.2, 0) is 9.53 Å². The predicted molar refractivity (Wildman–Crippen MR) is 56.7 cm³/mol. The quantitative estimate of drug-likeness (QED) is 0.561. The molecule has 0 N–H and O–H groups in total. The average molecular weight is 208 g/mol. The van der Waals surface area contributed by atoms with E-state index in [-0.39, 0.29) is 11.8 Å². The number of carbonyl (C=O) groups excluding carboxylic acids is 1. The zero-order valence-electron chi connectivity index (χ0n) is 8.57. The molecule has 0 aromatic heterocycles. The summed E-state index contributed by atoms with van der Waals surface area (Å²) in [6, 6.07) is 5.88. The van der Waals surface area contributed by atoms with E-state index in [1.807, 2.05) is 6.92 Å². The third-order valence-corrected chi connectivity index (χ3v) is 1.73. The van der Waals surface area contributed by atoms with Gasteiger partial charge in [-0.2, -0.15) is 0 Å². The van der Waals surface area contributed by atoms with Crippen molar-refractivity contribution in [2.45, 2.75) is 13.3 Å². The van der Waals surface area contributed by atoms with Crippen LogP contribution in [-0.4, -0.2) is 12.6 Å². The molecule has 0 atom stereocenters. The maximum atomic E-state index is 12.5. The van der Waals surface area contributed by atoms with Crippen LogP contribution in [0.4, 0.5) is 4.39 Å². The lowest BCUT2D eigenvalue weighted by atomic mass is 10.2. The van der Waals surface area contributed by atoms with E-state index in [2.05, 4.69) is 0 Å². The zero-order chi connectivity index (χ0) is 11.1. The Kier molecular flexibility index (Phi) is 4.54. The largest absolute Gasteiger partial charge is 0.463 e. The molecule has 0 amide bonds. The number of hydrogen-bond donors (Lipinski definition) is 0. The molecule has 15 heavy (non-hydrogen) atoms. The van der Waals surface area contributed by atoms with Crippen molar-refractivity contribution < 1.29 is 13.9 Å². The second kappa shape index (κ2) is 5.96. The van der Waals surface area contributed by atoms with Crippen LogP contribution in [0.3, 0.4) is 0 Å². The molecule has 0 fully saturated rings. The highest BCUT2D eigenvalue weighted by atomic mass is 19.1. The molecule has 1 aromatic carbocycles. The van der Waals surface area contributed by atoms with Crippen molar-refractivity contribution in [1.29, 1.82) is 0 Å². The van der Waals surface area contributed by atoms with Gasteiger partial charge in [0.25, 0.3) is 0 Å². The van der Waals surface area contributed by atoms with E-state index in [0.717, 1.165) is 12.0 Å². The van der Waals surface area contributed by atoms with Crippen LogP contribution in [0.5, 0.6) is 0 Å². The summed E-state index contributed by atoms with van der Waals surface area (Å²) in [7, 11) is 0. The molecule has 3 heteroatoms. The number of hydrogen-bond acceptors (Lipinski definition) is 2. The lowest BCUT2D eigenvalue weighted by Gasteiger charge is -1.97. The first-order chi connectivity index (χ1) is 7.22. The Morgan fingerprint density at radius 1 is 1.40 bits per heavy atom. The second-order valence-corrected chi connectivity index (χ2v) is 3.05. The zero-order valence-corrected chi connectivity index (χ0v) is 8.57. The van der Waals surface area contributed by atoms with Crippen LogP contribution < -0.4 is 0 Å². The molecule has 80 valence electrons. The molecule has 2 nitrogen and oxygen atoms in total. The molecule has 0 saturated carbocycles. The summed E-state index contributed by atoms with van der Waals surface area (Å²) in [6.07, 6.45) is 3.73. The fraction of sp³-hybridized carbons (Fsp3) is 0.250. The first kappa shape index (κ1) is 11.4. The van der Waals surface area contributed by atoms with Gasteiger partial charge >= 0.3 is 5.97 Å².